The molecule has 0 saturated heterocycles. The molecule has 7 nitrogen and oxygen atoms in total. The van der Waals surface area contributed by atoms with E-state index in [0.29, 0.717) is 10.5 Å². The number of ether oxygens (including phenoxy) is 1. The molecule has 0 radical (unpaired) electrons. The zero-order valence-electron chi connectivity index (χ0n) is 10.2. The molecule has 0 atom stereocenters. The number of esters is 1. The maximum atomic E-state index is 11.0. The molecule has 0 saturated carbocycles. The van der Waals surface area contributed by atoms with Gasteiger partial charge >= 0.3 is 11.9 Å². The van der Waals surface area contributed by atoms with E-state index >= 15 is 0 Å². The summed E-state index contributed by atoms with van der Waals surface area (Å²) in [5, 5.41) is 19.8. The van der Waals surface area contributed by atoms with Crippen molar-refractivity contribution in [3.05, 3.63) is 33.4 Å². The average Bonchev–Trinajstić information content (AvgIpc) is 2.36. The number of hydrogen-bond donors (Lipinski definition) is 1. The number of carboxylic acids is 1. The van der Waals surface area contributed by atoms with Gasteiger partial charge in [-0.1, -0.05) is 0 Å². The summed E-state index contributed by atoms with van der Waals surface area (Å²) in [5.41, 5.74) is -0.152. The van der Waals surface area contributed by atoms with Crippen LogP contribution in [0.1, 0.15) is 15.9 Å². The van der Waals surface area contributed by atoms with Crippen molar-refractivity contribution in [2.24, 2.45) is 0 Å². The van der Waals surface area contributed by atoms with E-state index in [9.17, 15) is 19.7 Å². The topological polar surface area (TPSA) is 107 Å². The Morgan fingerprint density at radius 2 is 2.11 bits per heavy atom. The molecule has 0 aliphatic heterocycles. The predicted octanol–water partition coefficient (Wildman–Crippen LogP) is 1.87. The van der Waals surface area contributed by atoms with Gasteiger partial charge in [-0.05, 0) is 13.0 Å². The lowest BCUT2D eigenvalue weighted by Gasteiger charge is -2.07. The number of carbonyl (C=O) groups excluding carboxylic acids is 1. The Bertz CT molecular complexity index is 542. The van der Waals surface area contributed by atoms with E-state index in [0.717, 1.165) is 17.8 Å². The van der Waals surface area contributed by atoms with E-state index in [1.54, 1.807) is 0 Å². The van der Waals surface area contributed by atoms with Gasteiger partial charge in [0.15, 0.2) is 0 Å². The molecule has 0 fully saturated rings. The summed E-state index contributed by atoms with van der Waals surface area (Å²) >= 11 is 1.00. The van der Waals surface area contributed by atoms with Crippen LogP contribution < -0.4 is 0 Å². The molecule has 0 aromatic heterocycles. The Morgan fingerprint density at radius 3 is 2.58 bits per heavy atom. The smallest absolute Gasteiger partial charge is 0.335 e. The van der Waals surface area contributed by atoms with Crippen molar-refractivity contribution in [3.63, 3.8) is 0 Å². The first-order chi connectivity index (χ1) is 8.86. The Hall–Kier alpha value is -2.09. The maximum absolute atomic E-state index is 11.0. The number of carbonyl (C=O) groups is 2. The van der Waals surface area contributed by atoms with Crippen LogP contribution in [0.5, 0.6) is 0 Å². The molecule has 0 heterocycles. The zero-order chi connectivity index (χ0) is 14.6. The summed E-state index contributed by atoms with van der Waals surface area (Å²) in [4.78, 5) is 32.5. The van der Waals surface area contributed by atoms with E-state index < -0.39 is 16.9 Å². The molecule has 0 aliphatic rings. The third-order valence-electron chi connectivity index (χ3n) is 2.35. The number of carboxylic acid groups (broad SMARTS) is 1. The monoisotopic (exact) mass is 285 g/mol. The fourth-order valence-electron chi connectivity index (χ4n) is 1.33. The number of hydrogen-bond acceptors (Lipinski definition) is 6. The van der Waals surface area contributed by atoms with Gasteiger partial charge in [0.2, 0.25) is 0 Å². The van der Waals surface area contributed by atoms with E-state index in [-0.39, 0.29) is 17.0 Å². The van der Waals surface area contributed by atoms with Crippen LogP contribution in [0.3, 0.4) is 0 Å². The fraction of sp³-hybridized carbons (Fsp3) is 0.273. The van der Waals surface area contributed by atoms with Crippen LogP contribution in [-0.4, -0.2) is 34.8 Å². The number of rotatable bonds is 5. The number of nitro groups is 1. The Balaban J connectivity index is 3.18. The van der Waals surface area contributed by atoms with Crippen molar-refractivity contribution in [3.8, 4) is 0 Å². The largest absolute Gasteiger partial charge is 0.478 e. The van der Waals surface area contributed by atoms with Crippen molar-refractivity contribution in [2.45, 2.75) is 11.8 Å². The minimum absolute atomic E-state index is 0.0441. The first-order valence-electron chi connectivity index (χ1n) is 5.08. The summed E-state index contributed by atoms with van der Waals surface area (Å²) in [5.74, 6) is -1.80. The molecule has 1 aromatic rings. The highest BCUT2D eigenvalue weighted by Gasteiger charge is 2.19. The first-order valence-corrected chi connectivity index (χ1v) is 6.07. The summed E-state index contributed by atoms with van der Waals surface area (Å²) in [6.45, 7) is 1.50. The van der Waals surface area contributed by atoms with Gasteiger partial charge in [0, 0.05) is 16.5 Å². The molecule has 1 rings (SSSR count). The Morgan fingerprint density at radius 1 is 1.47 bits per heavy atom. The zero-order valence-corrected chi connectivity index (χ0v) is 11.0. The number of aromatic carboxylic acids is 1. The molecule has 102 valence electrons. The van der Waals surface area contributed by atoms with Crippen LogP contribution in [-0.2, 0) is 9.53 Å². The summed E-state index contributed by atoms with van der Waals surface area (Å²) in [6, 6.07) is 2.30. The number of nitrogens with zero attached hydrogens (tertiary/aromatic N) is 1. The number of benzene rings is 1. The Kier molecular flexibility index (Phi) is 4.87. The van der Waals surface area contributed by atoms with Gasteiger partial charge in [0.25, 0.3) is 5.69 Å². The van der Waals surface area contributed by atoms with Gasteiger partial charge in [0.05, 0.1) is 23.3 Å². The molecule has 8 heteroatoms. The second-order valence-corrected chi connectivity index (χ2v) is 4.56. The van der Waals surface area contributed by atoms with Gasteiger partial charge in [-0.2, -0.15) is 0 Å². The van der Waals surface area contributed by atoms with Gasteiger partial charge in [0.1, 0.15) is 0 Å². The molecule has 0 bridgehead atoms. The van der Waals surface area contributed by atoms with Crippen LogP contribution in [0, 0.1) is 17.0 Å². The quantitative estimate of drug-likeness (QED) is 0.381. The highest BCUT2D eigenvalue weighted by atomic mass is 32.2. The van der Waals surface area contributed by atoms with Gasteiger partial charge < -0.3 is 9.84 Å². The molecule has 0 aliphatic carbocycles. The fourth-order valence-corrected chi connectivity index (χ4v) is 2.25. The molecule has 1 N–H and O–H groups in total. The predicted molar refractivity (Wildman–Crippen MR) is 67.5 cm³/mol. The van der Waals surface area contributed by atoms with Gasteiger partial charge in [-0.3, -0.25) is 14.9 Å². The molecule has 0 unspecified atom stereocenters. The van der Waals surface area contributed by atoms with Crippen LogP contribution in [0.25, 0.3) is 0 Å². The van der Waals surface area contributed by atoms with Gasteiger partial charge in [-0.25, -0.2) is 4.79 Å². The molecular weight excluding hydrogens is 274 g/mol. The maximum Gasteiger partial charge on any atom is 0.335 e. The van der Waals surface area contributed by atoms with E-state index in [4.69, 9.17) is 5.11 Å². The highest BCUT2D eigenvalue weighted by molar-refractivity contribution is 8.00. The molecule has 0 amide bonds. The summed E-state index contributed by atoms with van der Waals surface area (Å²) in [6.07, 6.45) is 0. The third kappa shape index (κ3) is 3.68. The van der Waals surface area contributed by atoms with Crippen molar-refractivity contribution >= 4 is 29.4 Å². The van der Waals surface area contributed by atoms with Crippen LogP contribution >= 0.6 is 11.8 Å². The van der Waals surface area contributed by atoms with E-state index in [1.807, 2.05) is 0 Å². The van der Waals surface area contributed by atoms with Gasteiger partial charge in [-0.15, -0.1) is 11.8 Å². The third-order valence-corrected chi connectivity index (χ3v) is 3.46. The van der Waals surface area contributed by atoms with Crippen molar-refractivity contribution in [1.82, 2.24) is 0 Å². The molecule has 0 spiro atoms. The van der Waals surface area contributed by atoms with Crippen LogP contribution in [0.4, 0.5) is 5.69 Å². The molecule has 19 heavy (non-hydrogen) atoms. The number of methoxy groups -OCH3 is 1. The second-order valence-electron chi connectivity index (χ2n) is 3.55. The standard InChI is InChI=1S/C11H11NO6S/c1-6-8(12(16)17)3-7(11(14)15)4-9(6)19-5-10(13)18-2/h3-4H,5H2,1-2H3,(H,14,15). The lowest BCUT2D eigenvalue weighted by Crippen LogP contribution is -2.05. The minimum Gasteiger partial charge on any atom is -0.478 e. The van der Waals surface area contributed by atoms with Crippen molar-refractivity contribution in [1.29, 1.82) is 0 Å². The average molecular weight is 285 g/mol. The van der Waals surface area contributed by atoms with Crippen LogP contribution in [0.15, 0.2) is 17.0 Å². The van der Waals surface area contributed by atoms with Crippen molar-refractivity contribution in [2.75, 3.05) is 12.9 Å². The molecular formula is C11H11NO6S. The van der Waals surface area contributed by atoms with Crippen molar-refractivity contribution < 1.29 is 24.4 Å². The van der Waals surface area contributed by atoms with Crippen LogP contribution in [0.2, 0.25) is 0 Å². The summed E-state index contributed by atoms with van der Waals surface area (Å²) < 4.78 is 4.46. The SMILES string of the molecule is COC(=O)CSc1cc(C(=O)O)cc([N+](=O)[O-])c1C. The normalized spacial score (nSPS) is 10.0. The number of thioether (sulfide) groups is 1. The first kappa shape index (κ1) is 15.0. The summed E-state index contributed by atoms with van der Waals surface area (Å²) in [7, 11) is 1.23. The lowest BCUT2D eigenvalue weighted by molar-refractivity contribution is -0.385. The second kappa shape index (κ2) is 6.19. The van der Waals surface area contributed by atoms with E-state index in [2.05, 4.69) is 4.74 Å². The lowest BCUT2D eigenvalue weighted by atomic mass is 10.1. The Labute approximate surface area is 112 Å². The minimum atomic E-state index is -1.26. The highest BCUT2D eigenvalue weighted by Crippen LogP contribution is 2.31. The molecule has 1 aromatic carbocycles. The number of nitro benzene ring substituents is 1. The van der Waals surface area contributed by atoms with E-state index in [1.165, 1.54) is 20.1 Å².